The van der Waals surface area contributed by atoms with Gasteiger partial charge in [-0.2, -0.15) is 0 Å². The number of benzene rings is 2. The van der Waals surface area contributed by atoms with Crippen molar-refractivity contribution in [2.24, 2.45) is 0 Å². The van der Waals surface area contributed by atoms with E-state index in [1.807, 2.05) is 17.0 Å². The molecule has 1 heterocycles. The number of hydrogen-bond acceptors (Lipinski definition) is 3. The zero-order valence-electron chi connectivity index (χ0n) is 17.3. The number of nitrogens with zero attached hydrogens (tertiary/aromatic N) is 3. The van der Waals surface area contributed by atoms with E-state index in [-0.39, 0.29) is 24.3 Å². The van der Waals surface area contributed by atoms with Crippen molar-refractivity contribution in [1.29, 1.82) is 0 Å². The quantitative estimate of drug-likeness (QED) is 0.752. The Morgan fingerprint density at radius 1 is 0.967 bits per heavy atom. The van der Waals surface area contributed by atoms with Crippen LogP contribution in [0.15, 0.2) is 48.5 Å². The molecule has 30 heavy (non-hydrogen) atoms. The first kappa shape index (κ1) is 24.0. The summed E-state index contributed by atoms with van der Waals surface area (Å²) in [5, 5.41) is 3.53. The molecule has 8 heteroatoms. The molecule has 0 saturated carbocycles. The van der Waals surface area contributed by atoms with E-state index in [2.05, 4.69) is 22.3 Å². The average molecular weight is 451 g/mol. The minimum atomic E-state index is -0.196. The van der Waals surface area contributed by atoms with Gasteiger partial charge in [-0.3, -0.25) is 9.69 Å². The topological polar surface area (TPSA) is 55.9 Å². The molecule has 3 amide bonds. The molecule has 0 unspecified atom stereocenters. The molecule has 0 bridgehead atoms. The Bertz CT molecular complexity index is 833. The normalized spacial score (nSPS) is 14.0. The second-order valence-corrected chi connectivity index (χ2v) is 7.85. The largest absolute Gasteiger partial charge is 0.336 e. The number of piperazine rings is 1. The summed E-state index contributed by atoms with van der Waals surface area (Å²) in [4.78, 5) is 30.2. The Hall–Kier alpha value is -2.28. The van der Waals surface area contributed by atoms with Gasteiger partial charge in [0.15, 0.2) is 0 Å². The number of nitrogens with one attached hydrogen (secondary N) is 1. The van der Waals surface area contributed by atoms with Crippen LogP contribution < -0.4 is 5.32 Å². The molecule has 1 fully saturated rings. The molecule has 0 aromatic heterocycles. The first-order valence-electron chi connectivity index (χ1n) is 9.77. The minimum absolute atomic E-state index is 0. The maximum absolute atomic E-state index is 12.8. The Balaban J connectivity index is 0.00000320. The van der Waals surface area contributed by atoms with Gasteiger partial charge in [0.1, 0.15) is 0 Å². The van der Waals surface area contributed by atoms with Crippen molar-refractivity contribution in [3.05, 3.63) is 64.7 Å². The Morgan fingerprint density at radius 3 is 2.13 bits per heavy atom. The number of halogens is 2. The summed E-state index contributed by atoms with van der Waals surface area (Å²) in [7, 11) is 3.37. The highest BCUT2D eigenvalue weighted by molar-refractivity contribution is 6.30. The van der Waals surface area contributed by atoms with Crippen LogP contribution in [0.3, 0.4) is 0 Å². The van der Waals surface area contributed by atoms with E-state index in [4.69, 9.17) is 11.6 Å². The highest BCUT2D eigenvalue weighted by atomic mass is 35.5. The van der Waals surface area contributed by atoms with E-state index in [1.165, 1.54) is 10.5 Å². The molecule has 2 aromatic rings. The van der Waals surface area contributed by atoms with Crippen molar-refractivity contribution >= 4 is 41.6 Å². The smallest absolute Gasteiger partial charge is 0.321 e. The van der Waals surface area contributed by atoms with Gasteiger partial charge in [-0.25, -0.2) is 4.79 Å². The van der Waals surface area contributed by atoms with Gasteiger partial charge in [-0.1, -0.05) is 23.7 Å². The molecule has 1 aliphatic rings. The van der Waals surface area contributed by atoms with Crippen LogP contribution in [0.2, 0.25) is 5.02 Å². The Kier molecular flexibility index (Phi) is 8.96. The standard InChI is InChI=1S/C22H27ClN4O2.ClH/c1-25(2)22(29)24-20-9-5-18(6-10-20)21(28)27-15-13-26(14-16-27)12-11-17-3-7-19(23)8-4-17;/h3-10H,11-16H2,1-2H3,(H,24,29);1H. The van der Waals surface area contributed by atoms with Crippen LogP contribution in [0, 0.1) is 0 Å². The van der Waals surface area contributed by atoms with Gasteiger partial charge >= 0.3 is 6.03 Å². The van der Waals surface area contributed by atoms with Crippen LogP contribution in [-0.4, -0.2) is 73.5 Å². The summed E-state index contributed by atoms with van der Waals surface area (Å²) >= 11 is 5.93. The summed E-state index contributed by atoms with van der Waals surface area (Å²) in [6, 6.07) is 14.8. The molecular weight excluding hydrogens is 423 g/mol. The summed E-state index contributed by atoms with van der Waals surface area (Å²) in [5.74, 6) is 0.0350. The van der Waals surface area contributed by atoms with Gasteiger partial charge in [0, 0.05) is 63.1 Å². The lowest BCUT2D eigenvalue weighted by Crippen LogP contribution is -2.49. The van der Waals surface area contributed by atoms with Gasteiger partial charge < -0.3 is 15.1 Å². The van der Waals surface area contributed by atoms with E-state index in [0.29, 0.717) is 11.3 Å². The zero-order chi connectivity index (χ0) is 20.8. The lowest BCUT2D eigenvalue weighted by molar-refractivity contribution is 0.0638. The van der Waals surface area contributed by atoms with Crippen molar-refractivity contribution < 1.29 is 9.59 Å². The fourth-order valence-electron chi connectivity index (χ4n) is 3.23. The van der Waals surface area contributed by atoms with Gasteiger partial charge in [-0.15, -0.1) is 12.4 Å². The molecule has 0 atom stereocenters. The average Bonchev–Trinajstić information content (AvgIpc) is 2.73. The molecule has 2 aromatic carbocycles. The fraction of sp³-hybridized carbons (Fsp3) is 0.364. The fourth-order valence-corrected chi connectivity index (χ4v) is 3.35. The lowest BCUT2D eigenvalue weighted by Gasteiger charge is -2.34. The Labute approximate surface area is 189 Å². The third-order valence-electron chi connectivity index (χ3n) is 5.08. The predicted molar refractivity (Wildman–Crippen MR) is 124 cm³/mol. The minimum Gasteiger partial charge on any atom is -0.336 e. The van der Waals surface area contributed by atoms with Crippen molar-refractivity contribution in [2.75, 3.05) is 52.1 Å². The molecule has 6 nitrogen and oxygen atoms in total. The van der Waals surface area contributed by atoms with Crippen LogP contribution in [0.25, 0.3) is 0 Å². The molecule has 0 aliphatic carbocycles. The third kappa shape index (κ3) is 6.62. The predicted octanol–water partition coefficient (Wildman–Crippen LogP) is 3.86. The van der Waals surface area contributed by atoms with Crippen molar-refractivity contribution in [3.8, 4) is 0 Å². The van der Waals surface area contributed by atoms with E-state index >= 15 is 0 Å². The molecule has 3 rings (SSSR count). The molecule has 0 radical (unpaired) electrons. The van der Waals surface area contributed by atoms with Gasteiger partial charge in [-0.05, 0) is 48.4 Å². The van der Waals surface area contributed by atoms with Gasteiger partial charge in [0.2, 0.25) is 0 Å². The number of carbonyl (C=O) groups is 2. The van der Waals surface area contributed by atoms with Crippen LogP contribution in [0.1, 0.15) is 15.9 Å². The number of hydrogen-bond donors (Lipinski definition) is 1. The van der Waals surface area contributed by atoms with Crippen LogP contribution in [0.5, 0.6) is 0 Å². The molecule has 1 aliphatic heterocycles. The molecule has 1 saturated heterocycles. The van der Waals surface area contributed by atoms with Gasteiger partial charge in [0.25, 0.3) is 5.91 Å². The molecule has 162 valence electrons. The highest BCUT2D eigenvalue weighted by Crippen LogP contribution is 2.15. The first-order chi connectivity index (χ1) is 13.9. The first-order valence-corrected chi connectivity index (χ1v) is 10.1. The third-order valence-corrected chi connectivity index (χ3v) is 5.33. The number of anilines is 1. The summed E-state index contributed by atoms with van der Waals surface area (Å²) in [6.45, 7) is 4.16. The number of carbonyl (C=O) groups excluding carboxylic acids is 2. The van der Waals surface area contributed by atoms with E-state index in [9.17, 15) is 9.59 Å². The molecular formula is C22H28Cl2N4O2. The maximum Gasteiger partial charge on any atom is 0.321 e. The van der Waals surface area contributed by atoms with E-state index in [1.54, 1.807) is 38.4 Å². The Morgan fingerprint density at radius 2 is 1.57 bits per heavy atom. The molecule has 1 N–H and O–H groups in total. The second kappa shape index (κ2) is 11.2. The number of amides is 3. The summed E-state index contributed by atoms with van der Waals surface area (Å²) in [6.07, 6.45) is 0.977. The summed E-state index contributed by atoms with van der Waals surface area (Å²) < 4.78 is 0. The van der Waals surface area contributed by atoms with E-state index in [0.717, 1.165) is 44.2 Å². The lowest BCUT2D eigenvalue weighted by atomic mass is 10.1. The van der Waals surface area contributed by atoms with Crippen molar-refractivity contribution in [3.63, 3.8) is 0 Å². The second-order valence-electron chi connectivity index (χ2n) is 7.41. The number of rotatable bonds is 5. The molecule has 0 spiro atoms. The maximum atomic E-state index is 12.8. The van der Waals surface area contributed by atoms with Crippen LogP contribution in [-0.2, 0) is 6.42 Å². The van der Waals surface area contributed by atoms with E-state index < -0.39 is 0 Å². The highest BCUT2D eigenvalue weighted by Gasteiger charge is 2.22. The van der Waals surface area contributed by atoms with Crippen LogP contribution >= 0.6 is 24.0 Å². The van der Waals surface area contributed by atoms with Gasteiger partial charge in [0.05, 0.1) is 0 Å². The van der Waals surface area contributed by atoms with Crippen LogP contribution in [0.4, 0.5) is 10.5 Å². The zero-order valence-corrected chi connectivity index (χ0v) is 18.9. The monoisotopic (exact) mass is 450 g/mol. The number of urea groups is 1. The van der Waals surface area contributed by atoms with Crippen molar-refractivity contribution in [1.82, 2.24) is 14.7 Å². The summed E-state index contributed by atoms with van der Waals surface area (Å²) in [5.41, 5.74) is 2.59. The van der Waals surface area contributed by atoms with Crippen molar-refractivity contribution in [2.45, 2.75) is 6.42 Å². The SMILES string of the molecule is CN(C)C(=O)Nc1ccc(C(=O)N2CCN(CCc3ccc(Cl)cc3)CC2)cc1.Cl.